The second-order valence-corrected chi connectivity index (χ2v) is 4.81. The molecule has 0 radical (unpaired) electrons. The summed E-state index contributed by atoms with van der Waals surface area (Å²) in [5.41, 5.74) is 5.61. The number of hydrogen-bond donors (Lipinski definition) is 0. The molecule has 0 heterocycles. The molecule has 0 aliphatic rings. The normalized spacial score (nSPS) is 10.6. The van der Waals surface area contributed by atoms with Gasteiger partial charge in [-0.2, -0.15) is 0 Å². The average Bonchev–Trinajstić information content (AvgIpc) is 2.50. The Bertz CT molecular complexity index is 570. The molecule has 0 aliphatic carbocycles. The Labute approximate surface area is 128 Å². The molecule has 112 valence electrons. The molecule has 0 atom stereocenters. The van der Waals surface area contributed by atoms with E-state index in [0.29, 0.717) is 6.61 Å². The minimum absolute atomic E-state index is 0.505. The second kappa shape index (κ2) is 8.96. The van der Waals surface area contributed by atoms with Gasteiger partial charge in [-0.3, -0.25) is 0 Å². The van der Waals surface area contributed by atoms with Crippen LogP contribution in [-0.2, 0) is 11.4 Å². The maximum atomic E-state index is 5.41. The molecule has 0 amide bonds. The van der Waals surface area contributed by atoms with E-state index in [9.17, 15) is 0 Å². The Balaban J connectivity index is 0.00000106. The molecule has 0 fully saturated rings. The van der Waals surface area contributed by atoms with Crippen molar-refractivity contribution in [2.45, 2.75) is 41.2 Å². The molecular weight excluding hydrogens is 258 g/mol. The Hall–Kier alpha value is -2.09. The Morgan fingerprint density at radius 2 is 1.62 bits per heavy atom. The Morgan fingerprint density at radius 1 is 0.952 bits per heavy atom. The molecule has 0 saturated heterocycles. The van der Waals surface area contributed by atoms with E-state index in [1.54, 1.807) is 0 Å². The lowest BCUT2D eigenvalue weighted by molar-refractivity contribution is 0.130. The van der Waals surface area contributed by atoms with Crippen molar-refractivity contribution >= 4 is 5.71 Å². The van der Waals surface area contributed by atoms with Gasteiger partial charge in [-0.25, -0.2) is 0 Å². The number of benzene rings is 2. The van der Waals surface area contributed by atoms with E-state index in [0.717, 1.165) is 16.8 Å². The molecule has 0 aliphatic heterocycles. The van der Waals surface area contributed by atoms with Gasteiger partial charge >= 0.3 is 0 Å². The molecule has 21 heavy (non-hydrogen) atoms. The van der Waals surface area contributed by atoms with Crippen molar-refractivity contribution < 1.29 is 4.84 Å². The molecule has 2 heteroatoms. The van der Waals surface area contributed by atoms with E-state index < -0.39 is 0 Å². The fraction of sp³-hybridized carbons (Fsp3) is 0.316. The van der Waals surface area contributed by atoms with Crippen LogP contribution >= 0.6 is 0 Å². The van der Waals surface area contributed by atoms with E-state index in [4.69, 9.17) is 4.84 Å². The van der Waals surface area contributed by atoms with Crippen LogP contribution in [-0.4, -0.2) is 5.71 Å². The standard InChI is InChI=1S/C17H19NO.C2H6/c1-13-7-9-17(10-8-13)15(3)18-19-12-16-6-4-5-14(2)11-16;1-2/h4-11H,12H2,1-3H3;1-2H3/b18-15+;. The van der Waals surface area contributed by atoms with Gasteiger partial charge in [0, 0.05) is 0 Å². The summed E-state index contributed by atoms with van der Waals surface area (Å²) in [7, 11) is 0. The minimum atomic E-state index is 0.505. The van der Waals surface area contributed by atoms with Crippen LogP contribution in [0.3, 0.4) is 0 Å². The van der Waals surface area contributed by atoms with Crippen LogP contribution in [0.5, 0.6) is 0 Å². The van der Waals surface area contributed by atoms with E-state index in [-0.39, 0.29) is 0 Å². The third-order valence-corrected chi connectivity index (χ3v) is 2.98. The van der Waals surface area contributed by atoms with Gasteiger partial charge in [0.1, 0.15) is 6.61 Å². The SMILES string of the molecule is C/C(=N\OCc1cccc(C)c1)c1ccc(C)cc1.CC. The molecule has 2 aromatic rings. The van der Waals surface area contributed by atoms with E-state index in [2.05, 4.69) is 55.4 Å². The van der Waals surface area contributed by atoms with Gasteiger partial charge in [-0.05, 0) is 31.9 Å². The van der Waals surface area contributed by atoms with Gasteiger partial charge in [0.2, 0.25) is 0 Å². The van der Waals surface area contributed by atoms with Crippen LogP contribution in [0.1, 0.15) is 43.0 Å². The van der Waals surface area contributed by atoms with Crippen molar-refractivity contribution in [3.8, 4) is 0 Å². The van der Waals surface area contributed by atoms with Crippen LogP contribution in [0.25, 0.3) is 0 Å². The van der Waals surface area contributed by atoms with Gasteiger partial charge in [-0.15, -0.1) is 0 Å². The molecule has 0 bridgehead atoms. The zero-order valence-electron chi connectivity index (χ0n) is 13.7. The summed E-state index contributed by atoms with van der Waals surface area (Å²) in [6, 6.07) is 16.5. The fourth-order valence-electron chi connectivity index (χ4n) is 1.85. The van der Waals surface area contributed by atoms with Crippen molar-refractivity contribution in [1.82, 2.24) is 0 Å². The summed E-state index contributed by atoms with van der Waals surface area (Å²) < 4.78 is 0. The molecule has 0 N–H and O–H groups in total. The molecule has 0 spiro atoms. The van der Waals surface area contributed by atoms with Gasteiger partial charge in [0.25, 0.3) is 0 Å². The first-order valence-corrected chi connectivity index (χ1v) is 7.44. The number of rotatable bonds is 4. The predicted molar refractivity (Wildman–Crippen MR) is 90.7 cm³/mol. The lowest BCUT2D eigenvalue weighted by Gasteiger charge is -2.04. The molecule has 0 unspecified atom stereocenters. The average molecular weight is 283 g/mol. The van der Waals surface area contributed by atoms with Crippen LogP contribution in [0.15, 0.2) is 53.7 Å². The number of oxime groups is 1. The molecular formula is C19H25NO. The summed E-state index contributed by atoms with van der Waals surface area (Å²) in [5, 5.41) is 4.17. The first kappa shape index (κ1) is 17.0. The van der Waals surface area contributed by atoms with Crippen molar-refractivity contribution in [2.24, 2.45) is 5.16 Å². The predicted octanol–water partition coefficient (Wildman–Crippen LogP) is 5.27. The topological polar surface area (TPSA) is 21.6 Å². The highest BCUT2D eigenvalue weighted by Gasteiger charge is 1.98. The highest BCUT2D eigenvalue weighted by atomic mass is 16.6. The number of aryl methyl sites for hydroxylation is 2. The van der Waals surface area contributed by atoms with Crippen molar-refractivity contribution in [1.29, 1.82) is 0 Å². The fourth-order valence-corrected chi connectivity index (χ4v) is 1.85. The molecule has 2 aromatic carbocycles. The quantitative estimate of drug-likeness (QED) is 0.553. The van der Waals surface area contributed by atoms with Gasteiger partial charge < -0.3 is 4.84 Å². The monoisotopic (exact) mass is 283 g/mol. The third-order valence-electron chi connectivity index (χ3n) is 2.98. The summed E-state index contributed by atoms with van der Waals surface area (Å²) in [4.78, 5) is 5.41. The highest BCUT2D eigenvalue weighted by molar-refractivity contribution is 5.98. The number of nitrogens with zero attached hydrogens (tertiary/aromatic N) is 1. The van der Waals surface area contributed by atoms with Crippen molar-refractivity contribution in [3.05, 3.63) is 70.8 Å². The first-order valence-electron chi connectivity index (χ1n) is 7.44. The van der Waals surface area contributed by atoms with Crippen LogP contribution in [0.2, 0.25) is 0 Å². The summed E-state index contributed by atoms with van der Waals surface area (Å²) >= 11 is 0. The first-order chi connectivity index (χ1) is 10.1. The number of hydrogen-bond acceptors (Lipinski definition) is 2. The third kappa shape index (κ3) is 5.82. The largest absolute Gasteiger partial charge is 0.391 e. The lowest BCUT2D eigenvalue weighted by Crippen LogP contribution is -1.97. The lowest BCUT2D eigenvalue weighted by atomic mass is 10.1. The minimum Gasteiger partial charge on any atom is -0.391 e. The van der Waals surface area contributed by atoms with Crippen LogP contribution < -0.4 is 0 Å². The summed E-state index contributed by atoms with van der Waals surface area (Å²) in [5.74, 6) is 0. The maximum absolute atomic E-state index is 5.41. The summed E-state index contributed by atoms with van der Waals surface area (Å²) in [6.07, 6.45) is 0. The van der Waals surface area contributed by atoms with Crippen molar-refractivity contribution in [3.63, 3.8) is 0 Å². The van der Waals surface area contributed by atoms with Gasteiger partial charge in [0.15, 0.2) is 0 Å². The zero-order valence-corrected chi connectivity index (χ0v) is 13.7. The highest BCUT2D eigenvalue weighted by Crippen LogP contribution is 2.08. The Kier molecular flexibility index (Phi) is 7.24. The van der Waals surface area contributed by atoms with Gasteiger partial charge in [0.05, 0.1) is 5.71 Å². The molecule has 0 saturated carbocycles. The smallest absolute Gasteiger partial charge is 0.142 e. The maximum Gasteiger partial charge on any atom is 0.142 e. The summed E-state index contributed by atoms with van der Waals surface area (Å²) in [6.45, 7) is 10.6. The molecule has 2 rings (SSSR count). The van der Waals surface area contributed by atoms with E-state index in [1.165, 1.54) is 11.1 Å². The van der Waals surface area contributed by atoms with Crippen LogP contribution in [0, 0.1) is 13.8 Å². The zero-order chi connectivity index (χ0) is 15.7. The van der Waals surface area contributed by atoms with Crippen molar-refractivity contribution in [2.75, 3.05) is 0 Å². The van der Waals surface area contributed by atoms with E-state index >= 15 is 0 Å². The van der Waals surface area contributed by atoms with Crippen LogP contribution in [0.4, 0.5) is 0 Å². The molecule has 2 nitrogen and oxygen atoms in total. The Morgan fingerprint density at radius 3 is 2.24 bits per heavy atom. The second-order valence-electron chi connectivity index (χ2n) is 4.81. The van der Waals surface area contributed by atoms with E-state index in [1.807, 2.05) is 32.9 Å². The molecule has 0 aromatic heterocycles. The van der Waals surface area contributed by atoms with Gasteiger partial charge in [-0.1, -0.05) is 78.7 Å².